The molecule has 0 radical (unpaired) electrons. The highest BCUT2D eigenvalue weighted by molar-refractivity contribution is 9.10. The van der Waals surface area contributed by atoms with Crippen LogP contribution in [0.25, 0.3) is 0 Å². The Morgan fingerprint density at radius 2 is 1.84 bits per heavy atom. The molecule has 2 aromatic rings. The Bertz CT molecular complexity index is 820. The molecule has 0 aromatic heterocycles. The molecule has 0 saturated heterocycles. The molecule has 0 saturated carbocycles. The first kappa shape index (κ1) is 18.6. The van der Waals surface area contributed by atoms with Crippen molar-refractivity contribution in [2.45, 2.75) is 20.0 Å². The molecule has 2 aromatic carbocycles. The van der Waals surface area contributed by atoms with E-state index in [0.717, 1.165) is 4.47 Å². The van der Waals surface area contributed by atoms with Crippen molar-refractivity contribution in [1.29, 1.82) is 0 Å². The van der Waals surface area contributed by atoms with Crippen LogP contribution in [0.5, 0.6) is 0 Å². The summed E-state index contributed by atoms with van der Waals surface area (Å²) in [5.74, 6) is -1.20. The van der Waals surface area contributed by atoms with Crippen molar-refractivity contribution in [1.82, 2.24) is 0 Å². The Labute approximate surface area is 152 Å². The molecule has 0 fully saturated rings. The van der Waals surface area contributed by atoms with Gasteiger partial charge in [0.15, 0.2) is 6.10 Å². The maximum Gasteiger partial charge on any atom is 0.338 e. The fraction of sp³-hybridized carbons (Fsp3) is 0.176. The van der Waals surface area contributed by atoms with E-state index in [0.29, 0.717) is 11.3 Å². The average molecular weight is 407 g/mol. The average Bonchev–Trinajstić information content (AvgIpc) is 2.56. The van der Waals surface area contributed by atoms with Gasteiger partial charge in [0.05, 0.1) is 10.5 Å². The molecule has 7 nitrogen and oxygen atoms in total. The number of nitrogens with zero attached hydrogens (tertiary/aromatic N) is 1. The largest absolute Gasteiger partial charge is 0.449 e. The van der Waals surface area contributed by atoms with Crippen LogP contribution in [0.2, 0.25) is 0 Å². The number of nitro benzene ring substituents is 1. The second-order valence-corrected chi connectivity index (χ2v) is 6.22. The summed E-state index contributed by atoms with van der Waals surface area (Å²) >= 11 is 3.29. The normalized spacial score (nSPS) is 11.5. The lowest BCUT2D eigenvalue weighted by atomic mass is 10.1. The third kappa shape index (κ3) is 4.87. The van der Waals surface area contributed by atoms with Crippen molar-refractivity contribution >= 4 is 39.2 Å². The van der Waals surface area contributed by atoms with Crippen molar-refractivity contribution in [2.75, 3.05) is 5.32 Å². The number of anilines is 1. The number of nitrogens with one attached hydrogen (secondary N) is 1. The minimum Gasteiger partial charge on any atom is -0.449 e. The highest BCUT2D eigenvalue weighted by Crippen LogP contribution is 2.20. The van der Waals surface area contributed by atoms with E-state index < -0.39 is 22.9 Å². The maximum absolute atomic E-state index is 12.1. The maximum atomic E-state index is 12.1. The van der Waals surface area contributed by atoms with Crippen LogP contribution in [-0.4, -0.2) is 22.9 Å². The Hall–Kier alpha value is -2.74. The summed E-state index contributed by atoms with van der Waals surface area (Å²) in [5.41, 5.74) is 0.970. The number of hydrogen-bond donors (Lipinski definition) is 1. The standard InChI is InChI=1S/C17H15BrN2O5/c1-10-9-12(3-8-15(10)20(23)24)17(22)25-11(2)16(21)19-14-6-4-13(18)5-7-14/h3-9,11H,1-2H3,(H,19,21)/t11-/m1/s1. The van der Waals surface area contributed by atoms with Gasteiger partial charge in [-0.3, -0.25) is 14.9 Å². The highest BCUT2D eigenvalue weighted by atomic mass is 79.9. The number of nitro groups is 1. The van der Waals surface area contributed by atoms with Gasteiger partial charge in [0, 0.05) is 21.8 Å². The SMILES string of the molecule is Cc1cc(C(=O)O[C@H](C)C(=O)Nc2ccc(Br)cc2)ccc1[N+](=O)[O-]. The molecule has 0 aliphatic rings. The van der Waals surface area contributed by atoms with Crippen LogP contribution in [0.4, 0.5) is 11.4 Å². The summed E-state index contributed by atoms with van der Waals surface area (Å²) in [7, 11) is 0. The van der Waals surface area contributed by atoms with Crippen LogP contribution >= 0.6 is 15.9 Å². The van der Waals surface area contributed by atoms with Crippen molar-refractivity contribution in [3.8, 4) is 0 Å². The van der Waals surface area contributed by atoms with Gasteiger partial charge in [0.1, 0.15) is 0 Å². The number of amides is 1. The van der Waals surface area contributed by atoms with Crippen molar-refractivity contribution in [3.63, 3.8) is 0 Å². The molecule has 25 heavy (non-hydrogen) atoms. The molecule has 1 amide bonds. The minimum atomic E-state index is -1.02. The fourth-order valence-corrected chi connectivity index (χ4v) is 2.31. The van der Waals surface area contributed by atoms with Gasteiger partial charge in [0.2, 0.25) is 0 Å². The van der Waals surface area contributed by atoms with Crippen LogP contribution in [0, 0.1) is 17.0 Å². The number of halogens is 1. The third-order valence-corrected chi connectivity index (χ3v) is 3.92. The molecule has 1 N–H and O–H groups in total. The molecule has 2 rings (SSSR count). The molecule has 0 aliphatic carbocycles. The number of ether oxygens (including phenoxy) is 1. The molecular weight excluding hydrogens is 392 g/mol. The van der Waals surface area contributed by atoms with E-state index in [4.69, 9.17) is 4.74 Å². The summed E-state index contributed by atoms with van der Waals surface area (Å²) in [5, 5.41) is 13.4. The predicted octanol–water partition coefficient (Wildman–Crippen LogP) is 3.85. The molecule has 8 heteroatoms. The Balaban J connectivity index is 2.01. The summed E-state index contributed by atoms with van der Waals surface area (Å²) < 4.78 is 5.99. The second-order valence-electron chi connectivity index (χ2n) is 5.30. The number of benzene rings is 2. The smallest absolute Gasteiger partial charge is 0.338 e. The van der Waals surface area contributed by atoms with Gasteiger partial charge < -0.3 is 10.1 Å². The lowest BCUT2D eigenvalue weighted by Crippen LogP contribution is -2.30. The molecule has 1 atom stereocenters. The number of carbonyl (C=O) groups excluding carboxylic acids is 2. The van der Waals surface area contributed by atoms with Crippen LogP contribution in [0.15, 0.2) is 46.9 Å². The van der Waals surface area contributed by atoms with E-state index in [1.54, 1.807) is 24.3 Å². The molecule has 0 aliphatic heterocycles. The third-order valence-electron chi connectivity index (χ3n) is 3.39. The number of rotatable bonds is 5. The summed E-state index contributed by atoms with van der Waals surface area (Å²) in [6, 6.07) is 10.8. The van der Waals surface area contributed by atoms with Gasteiger partial charge in [-0.05, 0) is 50.2 Å². The summed E-state index contributed by atoms with van der Waals surface area (Å²) in [6.45, 7) is 2.98. The summed E-state index contributed by atoms with van der Waals surface area (Å²) in [6.07, 6.45) is -1.02. The lowest BCUT2D eigenvalue weighted by molar-refractivity contribution is -0.385. The van der Waals surface area contributed by atoms with E-state index in [2.05, 4.69) is 21.2 Å². The molecule has 0 unspecified atom stereocenters. The topological polar surface area (TPSA) is 98.5 Å². The minimum absolute atomic E-state index is 0.0856. The fourth-order valence-electron chi connectivity index (χ4n) is 2.05. The first-order valence-electron chi connectivity index (χ1n) is 7.30. The number of esters is 1. The van der Waals surface area contributed by atoms with Crippen LogP contribution < -0.4 is 5.32 Å². The second kappa shape index (κ2) is 7.89. The van der Waals surface area contributed by atoms with E-state index in [1.807, 2.05) is 0 Å². The van der Waals surface area contributed by atoms with Gasteiger partial charge in [-0.15, -0.1) is 0 Å². The molecular formula is C17H15BrN2O5. The first-order valence-corrected chi connectivity index (χ1v) is 8.09. The summed E-state index contributed by atoms with van der Waals surface area (Å²) in [4.78, 5) is 34.5. The van der Waals surface area contributed by atoms with Crippen LogP contribution in [-0.2, 0) is 9.53 Å². The Kier molecular flexibility index (Phi) is 5.87. The van der Waals surface area contributed by atoms with E-state index in [9.17, 15) is 19.7 Å². The monoisotopic (exact) mass is 406 g/mol. The molecule has 0 spiro atoms. The van der Waals surface area contributed by atoms with Gasteiger partial charge in [-0.2, -0.15) is 0 Å². The zero-order valence-electron chi connectivity index (χ0n) is 13.5. The van der Waals surface area contributed by atoms with Gasteiger partial charge >= 0.3 is 5.97 Å². The van der Waals surface area contributed by atoms with E-state index in [1.165, 1.54) is 32.0 Å². The zero-order chi connectivity index (χ0) is 18.6. The van der Waals surface area contributed by atoms with Crippen molar-refractivity contribution < 1.29 is 19.2 Å². The van der Waals surface area contributed by atoms with Crippen molar-refractivity contribution in [3.05, 3.63) is 68.2 Å². The number of aryl methyl sites for hydroxylation is 1. The Morgan fingerprint density at radius 1 is 1.20 bits per heavy atom. The van der Waals surface area contributed by atoms with Gasteiger partial charge in [-0.1, -0.05) is 15.9 Å². The van der Waals surface area contributed by atoms with Crippen LogP contribution in [0.3, 0.4) is 0 Å². The van der Waals surface area contributed by atoms with E-state index in [-0.39, 0.29) is 11.3 Å². The van der Waals surface area contributed by atoms with E-state index >= 15 is 0 Å². The predicted molar refractivity (Wildman–Crippen MR) is 95.5 cm³/mol. The first-order chi connectivity index (χ1) is 11.8. The molecule has 0 bridgehead atoms. The van der Waals surface area contributed by atoms with Gasteiger partial charge in [-0.25, -0.2) is 4.79 Å². The number of hydrogen-bond acceptors (Lipinski definition) is 5. The number of carbonyl (C=O) groups is 2. The molecule has 0 heterocycles. The van der Waals surface area contributed by atoms with Gasteiger partial charge in [0.25, 0.3) is 11.6 Å². The highest BCUT2D eigenvalue weighted by Gasteiger charge is 2.20. The zero-order valence-corrected chi connectivity index (χ0v) is 15.1. The van der Waals surface area contributed by atoms with Crippen LogP contribution in [0.1, 0.15) is 22.8 Å². The quantitative estimate of drug-likeness (QED) is 0.461. The molecule has 130 valence electrons. The van der Waals surface area contributed by atoms with Crippen molar-refractivity contribution in [2.24, 2.45) is 0 Å². The lowest BCUT2D eigenvalue weighted by Gasteiger charge is -2.14. The Morgan fingerprint density at radius 3 is 2.40 bits per heavy atom.